The third kappa shape index (κ3) is 4.39. The Bertz CT molecular complexity index is 418. The van der Waals surface area contributed by atoms with E-state index in [9.17, 15) is 13.2 Å². The maximum absolute atomic E-state index is 12.9. The van der Waals surface area contributed by atoms with E-state index in [4.69, 9.17) is 0 Å². The van der Waals surface area contributed by atoms with Crippen LogP contribution in [0, 0.1) is 0 Å². The van der Waals surface area contributed by atoms with E-state index in [2.05, 4.69) is 21.2 Å². The number of thioether (sulfide) groups is 1. The van der Waals surface area contributed by atoms with Crippen LogP contribution in [0.5, 0.6) is 0 Å². The number of hydrogen-bond donors (Lipinski definition) is 1. The van der Waals surface area contributed by atoms with Crippen molar-refractivity contribution in [1.29, 1.82) is 0 Å². The summed E-state index contributed by atoms with van der Waals surface area (Å²) in [5.41, 5.74) is -0.526. The van der Waals surface area contributed by atoms with Crippen LogP contribution in [0.4, 0.5) is 18.9 Å². The SMILES string of the molecule is CSC(C)(C)CNc1ccc(Br)cc1C(F)(F)F. The van der Waals surface area contributed by atoms with Crippen molar-refractivity contribution in [3.05, 3.63) is 28.2 Å². The van der Waals surface area contributed by atoms with Crippen molar-refractivity contribution in [3.63, 3.8) is 0 Å². The summed E-state index contributed by atoms with van der Waals surface area (Å²) in [4.78, 5) is 0. The second-order valence-corrected chi connectivity index (χ2v) is 6.93. The fourth-order valence-electron chi connectivity index (χ4n) is 1.29. The van der Waals surface area contributed by atoms with Gasteiger partial charge in [-0.25, -0.2) is 0 Å². The molecule has 18 heavy (non-hydrogen) atoms. The molecular weight excluding hydrogens is 327 g/mol. The van der Waals surface area contributed by atoms with Gasteiger partial charge in [-0.3, -0.25) is 0 Å². The number of nitrogens with one attached hydrogen (secondary N) is 1. The lowest BCUT2D eigenvalue weighted by Crippen LogP contribution is -2.26. The molecule has 0 amide bonds. The number of hydrogen-bond acceptors (Lipinski definition) is 2. The second kappa shape index (κ2) is 5.74. The molecule has 0 aliphatic rings. The second-order valence-electron chi connectivity index (χ2n) is 4.51. The van der Waals surface area contributed by atoms with Crippen LogP contribution in [0.25, 0.3) is 0 Å². The third-order valence-corrected chi connectivity index (χ3v) is 4.29. The van der Waals surface area contributed by atoms with Crippen LogP contribution in [0.1, 0.15) is 19.4 Å². The van der Waals surface area contributed by atoms with Crippen molar-refractivity contribution in [1.82, 2.24) is 0 Å². The van der Waals surface area contributed by atoms with E-state index in [0.29, 0.717) is 11.0 Å². The first-order valence-corrected chi connectivity index (χ1v) is 7.33. The van der Waals surface area contributed by atoms with Crippen LogP contribution in [-0.4, -0.2) is 17.5 Å². The van der Waals surface area contributed by atoms with Crippen LogP contribution in [0.15, 0.2) is 22.7 Å². The number of anilines is 1. The minimum Gasteiger partial charge on any atom is -0.383 e. The molecule has 1 aromatic rings. The predicted molar refractivity (Wildman–Crippen MR) is 75.2 cm³/mol. The third-order valence-electron chi connectivity index (χ3n) is 2.54. The molecule has 1 aromatic carbocycles. The van der Waals surface area contributed by atoms with Crippen molar-refractivity contribution in [2.45, 2.75) is 24.8 Å². The lowest BCUT2D eigenvalue weighted by molar-refractivity contribution is -0.137. The Kier molecular flexibility index (Phi) is 5.00. The first-order chi connectivity index (χ1) is 8.15. The van der Waals surface area contributed by atoms with E-state index in [0.717, 1.165) is 6.07 Å². The maximum Gasteiger partial charge on any atom is 0.418 e. The summed E-state index contributed by atoms with van der Waals surface area (Å²) in [6.45, 7) is 4.44. The highest BCUT2D eigenvalue weighted by Crippen LogP contribution is 2.37. The number of halogens is 4. The molecule has 6 heteroatoms. The minimum atomic E-state index is -4.35. The van der Waals surface area contributed by atoms with Gasteiger partial charge in [0.1, 0.15) is 0 Å². The summed E-state index contributed by atoms with van der Waals surface area (Å²) in [5.74, 6) is 0. The maximum atomic E-state index is 12.9. The number of rotatable bonds is 4. The van der Waals surface area contributed by atoms with Crippen LogP contribution < -0.4 is 5.32 Å². The van der Waals surface area contributed by atoms with Gasteiger partial charge < -0.3 is 5.32 Å². The van der Waals surface area contributed by atoms with Gasteiger partial charge in [0.05, 0.1) is 5.56 Å². The first kappa shape index (κ1) is 15.7. The summed E-state index contributed by atoms with van der Waals surface area (Å²) in [6.07, 6.45) is -2.41. The molecule has 0 radical (unpaired) electrons. The Morgan fingerprint density at radius 1 is 1.28 bits per heavy atom. The number of alkyl halides is 3. The van der Waals surface area contributed by atoms with E-state index in [1.54, 1.807) is 17.8 Å². The Balaban J connectivity index is 2.96. The number of benzene rings is 1. The van der Waals surface area contributed by atoms with Gasteiger partial charge in [-0.05, 0) is 38.3 Å². The van der Waals surface area contributed by atoms with Crippen LogP contribution in [0.2, 0.25) is 0 Å². The lowest BCUT2D eigenvalue weighted by Gasteiger charge is -2.24. The van der Waals surface area contributed by atoms with E-state index in [1.165, 1.54) is 6.07 Å². The van der Waals surface area contributed by atoms with Gasteiger partial charge in [0.15, 0.2) is 0 Å². The Morgan fingerprint density at radius 3 is 2.39 bits per heavy atom. The zero-order chi connectivity index (χ0) is 14.0. The molecule has 0 saturated carbocycles. The Morgan fingerprint density at radius 2 is 1.89 bits per heavy atom. The normalized spacial score (nSPS) is 12.6. The fourth-order valence-corrected chi connectivity index (χ4v) is 1.86. The molecule has 0 fully saturated rings. The molecule has 1 N–H and O–H groups in total. The van der Waals surface area contributed by atoms with Gasteiger partial charge in [0, 0.05) is 21.5 Å². The molecule has 0 atom stereocenters. The minimum absolute atomic E-state index is 0.115. The van der Waals surface area contributed by atoms with Crippen LogP contribution in [0.3, 0.4) is 0 Å². The van der Waals surface area contributed by atoms with Crippen molar-refractivity contribution < 1.29 is 13.2 Å². The molecule has 0 bridgehead atoms. The first-order valence-electron chi connectivity index (χ1n) is 5.31. The van der Waals surface area contributed by atoms with Gasteiger partial charge in [-0.2, -0.15) is 24.9 Å². The molecule has 0 saturated heterocycles. The Labute approximate surface area is 118 Å². The van der Waals surface area contributed by atoms with Crippen molar-refractivity contribution >= 4 is 33.4 Å². The highest BCUT2D eigenvalue weighted by molar-refractivity contribution is 9.10. The highest BCUT2D eigenvalue weighted by atomic mass is 79.9. The quantitative estimate of drug-likeness (QED) is 0.824. The van der Waals surface area contributed by atoms with E-state index in [1.807, 2.05) is 20.1 Å². The largest absolute Gasteiger partial charge is 0.418 e. The smallest absolute Gasteiger partial charge is 0.383 e. The van der Waals surface area contributed by atoms with Gasteiger partial charge in [-0.15, -0.1) is 0 Å². The average Bonchev–Trinajstić information content (AvgIpc) is 2.26. The van der Waals surface area contributed by atoms with Crippen molar-refractivity contribution in [2.24, 2.45) is 0 Å². The standard InChI is InChI=1S/C12H15BrF3NS/c1-11(2,18-3)7-17-10-5-4-8(13)6-9(10)12(14,15)16/h4-6,17H,7H2,1-3H3. The summed E-state index contributed by atoms with van der Waals surface area (Å²) in [5, 5.41) is 2.88. The van der Waals surface area contributed by atoms with E-state index >= 15 is 0 Å². The van der Waals surface area contributed by atoms with Crippen LogP contribution in [-0.2, 0) is 6.18 Å². The summed E-state index contributed by atoms with van der Waals surface area (Å²) < 4.78 is 38.9. The van der Waals surface area contributed by atoms with Gasteiger partial charge in [0.2, 0.25) is 0 Å². The van der Waals surface area contributed by atoms with Crippen molar-refractivity contribution in [3.8, 4) is 0 Å². The fraction of sp³-hybridized carbons (Fsp3) is 0.500. The zero-order valence-corrected chi connectivity index (χ0v) is 12.8. The molecule has 0 aromatic heterocycles. The molecular formula is C12H15BrF3NS. The molecule has 102 valence electrons. The predicted octanol–water partition coefficient (Wildman–Crippen LogP) is 5.02. The summed E-state index contributed by atoms with van der Waals surface area (Å²) in [7, 11) is 0. The van der Waals surface area contributed by atoms with Gasteiger partial charge in [0.25, 0.3) is 0 Å². The van der Waals surface area contributed by atoms with Crippen molar-refractivity contribution in [2.75, 3.05) is 18.1 Å². The molecule has 1 rings (SSSR count). The van der Waals surface area contributed by atoms with Gasteiger partial charge in [-0.1, -0.05) is 15.9 Å². The molecule has 0 heterocycles. The average molecular weight is 342 g/mol. The molecule has 1 nitrogen and oxygen atoms in total. The molecule has 0 spiro atoms. The van der Waals surface area contributed by atoms with Crippen LogP contribution >= 0.6 is 27.7 Å². The molecule has 0 aliphatic carbocycles. The monoisotopic (exact) mass is 341 g/mol. The summed E-state index contributed by atoms with van der Waals surface area (Å²) >= 11 is 4.67. The Hall–Kier alpha value is -0.360. The van der Waals surface area contributed by atoms with E-state index in [-0.39, 0.29) is 10.4 Å². The van der Waals surface area contributed by atoms with E-state index < -0.39 is 11.7 Å². The molecule has 0 unspecified atom stereocenters. The lowest BCUT2D eigenvalue weighted by atomic mass is 10.1. The topological polar surface area (TPSA) is 12.0 Å². The van der Waals surface area contributed by atoms with Gasteiger partial charge >= 0.3 is 6.18 Å². The summed E-state index contributed by atoms with van der Waals surface area (Å²) in [6, 6.07) is 4.14. The highest BCUT2D eigenvalue weighted by Gasteiger charge is 2.34. The zero-order valence-electron chi connectivity index (χ0n) is 10.4. The molecule has 0 aliphatic heterocycles.